The third-order valence-electron chi connectivity index (χ3n) is 2.89. The van der Waals surface area contributed by atoms with Gasteiger partial charge in [-0.15, -0.1) is 0 Å². The molecule has 0 atom stereocenters. The van der Waals surface area contributed by atoms with Gasteiger partial charge in [0.25, 0.3) is 0 Å². The second-order valence-corrected chi connectivity index (χ2v) is 4.89. The van der Waals surface area contributed by atoms with Crippen molar-refractivity contribution in [3.8, 4) is 0 Å². The zero-order valence-corrected chi connectivity index (χ0v) is 10.2. The van der Waals surface area contributed by atoms with Crippen LogP contribution in [-0.4, -0.2) is 29.0 Å². The quantitative estimate of drug-likeness (QED) is 0.436. The van der Waals surface area contributed by atoms with E-state index in [1.807, 2.05) is 0 Å². The van der Waals surface area contributed by atoms with E-state index in [0.717, 1.165) is 6.04 Å². The van der Waals surface area contributed by atoms with Gasteiger partial charge in [-0.05, 0) is 19.9 Å². The Hall–Kier alpha value is 0.690. The van der Waals surface area contributed by atoms with Gasteiger partial charge in [0.2, 0.25) is 0 Å². The fourth-order valence-electron chi connectivity index (χ4n) is 2.01. The van der Waals surface area contributed by atoms with Crippen LogP contribution in [0, 0.1) is 0 Å². The Kier molecular flexibility index (Phi) is 5.56. The summed E-state index contributed by atoms with van der Waals surface area (Å²) >= 11 is 2.47. The molecule has 0 bridgehead atoms. The van der Waals surface area contributed by atoms with E-state index in [1.165, 1.54) is 49.5 Å². The summed E-state index contributed by atoms with van der Waals surface area (Å²) in [5, 5.41) is 0. The molecule has 0 heterocycles. The molecule has 0 aromatic carbocycles. The SMILES string of the molecule is CN(CCI)C1CCCCCC1. The Morgan fingerprint density at radius 3 is 2.25 bits per heavy atom. The molecule has 1 aliphatic rings. The number of alkyl halides is 1. The zero-order chi connectivity index (χ0) is 8.81. The van der Waals surface area contributed by atoms with Gasteiger partial charge in [0.15, 0.2) is 0 Å². The molecule has 1 nitrogen and oxygen atoms in total. The van der Waals surface area contributed by atoms with Gasteiger partial charge in [-0.1, -0.05) is 48.3 Å². The van der Waals surface area contributed by atoms with Gasteiger partial charge in [0.05, 0.1) is 0 Å². The molecule has 72 valence electrons. The minimum Gasteiger partial charge on any atom is -0.303 e. The molecule has 0 aromatic rings. The first-order valence-electron chi connectivity index (χ1n) is 5.11. The molecule has 0 radical (unpaired) electrons. The van der Waals surface area contributed by atoms with Gasteiger partial charge in [0, 0.05) is 17.0 Å². The molecular weight excluding hydrogens is 261 g/mol. The highest BCUT2D eigenvalue weighted by Gasteiger charge is 2.15. The van der Waals surface area contributed by atoms with Crippen molar-refractivity contribution in [3.63, 3.8) is 0 Å². The minimum atomic E-state index is 0.891. The predicted octanol–water partition coefficient (Wildman–Crippen LogP) is 3.08. The summed E-state index contributed by atoms with van der Waals surface area (Å²) in [6, 6.07) is 0.891. The molecule has 0 unspecified atom stereocenters. The summed E-state index contributed by atoms with van der Waals surface area (Å²) in [7, 11) is 2.29. The Bertz CT molecular complexity index is 108. The number of hydrogen-bond donors (Lipinski definition) is 0. The Labute approximate surface area is 90.0 Å². The van der Waals surface area contributed by atoms with Crippen molar-refractivity contribution in [2.24, 2.45) is 0 Å². The molecule has 1 saturated carbocycles. The van der Waals surface area contributed by atoms with Gasteiger partial charge in [0.1, 0.15) is 0 Å². The van der Waals surface area contributed by atoms with Crippen LogP contribution in [0.25, 0.3) is 0 Å². The van der Waals surface area contributed by atoms with Crippen molar-refractivity contribution in [1.29, 1.82) is 0 Å². The molecular formula is C10H20IN. The topological polar surface area (TPSA) is 3.24 Å². The van der Waals surface area contributed by atoms with E-state index in [9.17, 15) is 0 Å². The van der Waals surface area contributed by atoms with E-state index in [-0.39, 0.29) is 0 Å². The van der Waals surface area contributed by atoms with Crippen LogP contribution in [0.5, 0.6) is 0 Å². The van der Waals surface area contributed by atoms with Crippen LogP contribution in [0.15, 0.2) is 0 Å². The van der Waals surface area contributed by atoms with Crippen LogP contribution >= 0.6 is 22.6 Å². The molecule has 0 aromatic heterocycles. The summed E-state index contributed by atoms with van der Waals surface area (Å²) in [5.74, 6) is 0. The molecule has 0 spiro atoms. The van der Waals surface area contributed by atoms with E-state index in [1.54, 1.807) is 0 Å². The number of nitrogens with zero attached hydrogens (tertiary/aromatic N) is 1. The van der Waals surface area contributed by atoms with Gasteiger partial charge in [-0.25, -0.2) is 0 Å². The van der Waals surface area contributed by atoms with Crippen LogP contribution in [-0.2, 0) is 0 Å². The first-order chi connectivity index (χ1) is 5.84. The van der Waals surface area contributed by atoms with Gasteiger partial charge >= 0.3 is 0 Å². The Balaban J connectivity index is 2.27. The first kappa shape index (κ1) is 10.8. The molecule has 0 amide bonds. The standard InChI is InChI=1S/C10H20IN/c1-12(9-8-11)10-6-4-2-3-5-7-10/h10H,2-9H2,1H3. The largest absolute Gasteiger partial charge is 0.303 e. The second kappa shape index (κ2) is 6.19. The van der Waals surface area contributed by atoms with Crippen molar-refractivity contribution in [2.45, 2.75) is 44.6 Å². The smallest absolute Gasteiger partial charge is 0.0123 e. The molecule has 0 aliphatic heterocycles. The maximum absolute atomic E-state index is 2.55. The third kappa shape index (κ3) is 3.60. The summed E-state index contributed by atoms with van der Waals surface area (Å²) in [6.45, 7) is 1.27. The molecule has 1 fully saturated rings. The maximum Gasteiger partial charge on any atom is 0.0123 e. The molecule has 0 N–H and O–H groups in total. The maximum atomic E-state index is 2.55. The van der Waals surface area contributed by atoms with Crippen molar-refractivity contribution < 1.29 is 0 Å². The van der Waals surface area contributed by atoms with Gasteiger partial charge < -0.3 is 4.90 Å². The highest BCUT2D eigenvalue weighted by molar-refractivity contribution is 14.1. The third-order valence-corrected chi connectivity index (χ3v) is 3.37. The predicted molar refractivity (Wildman–Crippen MR) is 63.0 cm³/mol. The van der Waals surface area contributed by atoms with E-state index >= 15 is 0 Å². The molecule has 1 rings (SSSR count). The van der Waals surface area contributed by atoms with Crippen molar-refractivity contribution in [2.75, 3.05) is 18.0 Å². The highest BCUT2D eigenvalue weighted by Crippen LogP contribution is 2.20. The number of hydrogen-bond acceptors (Lipinski definition) is 1. The number of halogens is 1. The van der Waals surface area contributed by atoms with Crippen LogP contribution in [0.2, 0.25) is 0 Å². The number of rotatable bonds is 3. The Morgan fingerprint density at radius 1 is 1.17 bits per heavy atom. The van der Waals surface area contributed by atoms with E-state index < -0.39 is 0 Å². The highest BCUT2D eigenvalue weighted by atomic mass is 127. The second-order valence-electron chi connectivity index (χ2n) is 3.81. The molecule has 12 heavy (non-hydrogen) atoms. The van der Waals surface area contributed by atoms with E-state index in [4.69, 9.17) is 0 Å². The Morgan fingerprint density at radius 2 is 1.75 bits per heavy atom. The van der Waals surface area contributed by atoms with Crippen LogP contribution < -0.4 is 0 Å². The lowest BCUT2D eigenvalue weighted by Gasteiger charge is -2.26. The lowest BCUT2D eigenvalue weighted by molar-refractivity contribution is 0.235. The van der Waals surface area contributed by atoms with Crippen LogP contribution in [0.1, 0.15) is 38.5 Å². The van der Waals surface area contributed by atoms with Gasteiger partial charge in [-0.2, -0.15) is 0 Å². The fraction of sp³-hybridized carbons (Fsp3) is 1.00. The zero-order valence-electron chi connectivity index (χ0n) is 8.06. The van der Waals surface area contributed by atoms with Crippen LogP contribution in [0.4, 0.5) is 0 Å². The lowest BCUT2D eigenvalue weighted by Crippen LogP contribution is -2.32. The van der Waals surface area contributed by atoms with E-state index in [0.29, 0.717) is 0 Å². The normalized spacial score (nSPS) is 21.2. The van der Waals surface area contributed by atoms with Crippen molar-refractivity contribution in [3.05, 3.63) is 0 Å². The lowest BCUT2D eigenvalue weighted by atomic mass is 10.1. The van der Waals surface area contributed by atoms with Crippen molar-refractivity contribution in [1.82, 2.24) is 4.90 Å². The summed E-state index contributed by atoms with van der Waals surface area (Å²) in [4.78, 5) is 2.55. The molecule has 0 saturated heterocycles. The summed E-state index contributed by atoms with van der Waals surface area (Å²) in [6.07, 6.45) is 8.72. The molecule has 2 heteroatoms. The average molecular weight is 281 g/mol. The minimum absolute atomic E-state index is 0.891. The fourth-order valence-corrected chi connectivity index (χ4v) is 2.78. The molecule has 1 aliphatic carbocycles. The summed E-state index contributed by atoms with van der Waals surface area (Å²) in [5.41, 5.74) is 0. The van der Waals surface area contributed by atoms with Crippen molar-refractivity contribution >= 4 is 22.6 Å². The first-order valence-corrected chi connectivity index (χ1v) is 6.63. The van der Waals surface area contributed by atoms with E-state index in [2.05, 4.69) is 34.5 Å². The average Bonchev–Trinajstić information content (AvgIpc) is 2.32. The monoisotopic (exact) mass is 281 g/mol. The summed E-state index contributed by atoms with van der Waals surface area (Å²) < 4.78 is 1.27. The van der Waals surface area contributed by atoms with Crippen LogP contribution in [0.3, 0.4) is 0 Å². The van der Waals surface area contributed by atoms with Gasteiger partial charge in [-0.3, -0.25) is 0 Å².